The van der Waals surface area contributed by atoms with Crippen LogP contribution >= 0.6 is 11.6 Å². The Kier molecular flexibility index (Phi) is 4.15. The molecule has 4 aromatic rings. The molecule has 0 aliphatic rings. The number of phenols is 1. The zero-order chi connectivity index (χ0) is 18.1. The molecule has 0 bridgehead atoms. The molecule has 0 atom stereocenters. The quantitative estimate of drug-likeness (QED) is 0.223. The maximum absolute atomic E-state index is 12.2. The second-order valence-electron chi connectivity index (χ2n) is 5.97. The van der Waals surface area contributed by atoms with Gasteiger partial charge in [-0.2, -0.15) is 0 Å². The molecule has 26 heavy (non-hydrogen) atoms. The summed E-state index contributed by atoms with van der Waals surface area (Å²) in [5.41, 5.74) is 2.02. The first kappa shape index (κ1) is 16.3. The first-order chi connectivity index (χ1) is 12.6. The zero-order valence-corrected chi connectivity index (χ0v) is 14.4. The predicted molar refractivity (Wildman–Crippen MR) is 106 cm³/mol. The number of pyridine rings is 1. The summed E-state index contributed by atoms with van der Waals surface area (Å²) >= 11 is 6.35. The van der Waals surface area contributed by atoms with Gasteiger partial charge in [0.2, 0.25) is 0 Å². The van der Waals surface area contributed by atoms with Gasteiger partial charge in [-0.3, -0.25) is 4.79 Å². The second-order valence-corrected chi connectivity index (χ2v) is 6.33. The predicted octanol–water partition coefficient (Wildman–Crippen LogP) is 5.64. The van der Waals surface area contributed by atoms with Crippen LogP contribution in [-0.4, -0.2) is 15.9 Å². The fourth-order valence-electron chi connectivity index (χ4n) is 2.91. The molecular weight excluding hydrogens is 346 g/mol. The summed E-state index contributed by atoms with van der Waals surface area (Å²) in [5.74, 6) is -0.0424. The number of rotatable bonds is 3. The molecule has 3 nitrogen and oxygen atoms in total. The summed E-state index contributed by atoms with van der Waals surface area (Å²) in [6.45, 7) is 0. The summed E-state index contributed by atoms with van der Waals surface area (Å²) in [7, 11) is 0. The van der Waals surface area contributed by atoms with Crippen molar-refractivity contribution in [2.75, 3.05) is 0 Å². The van der Waals surface area contributed by atoms with E-state index in [0.29, 0.717) is 16.3 Å². The topological polar surface area (TPSA) is 50.2 Å². The lowest BCUT2D eigenvalue weighted by Crippen LogP contribution is -1.93. The Labute approximate surface area is 155 Å². The molecule has 1 heterocycles. The third kappa shape index (κ3) is 3.05. The molecule has 4 heteroatoms. The van der Waals surface area contributed by atoms with Gasteiger partial charge >= 0.3 is 0 Å². The standard InChI is InChI=1S/C22H14ClNO2/c23-22-17(9-12-20(26)15-7-10-18(25)11-8-15)13-16-6-5-14-3-1-2-4-19(14)21(16)24-22/h1-13,25H/b12-9+. The van der Waals surface area contributed by atoms with Gasteiger partial charge in [0, 0.05) is 21.9 Å². The van der Waals surface area contributed by atoms with Crippen molar-refractivity contribution < 1.29 is 9.90 Å². The van der Waals surface area contributed by atoms with E-state index in [-0.39, 0.29) is 11.5 Å². The van der Waals surface area contributed by atoms with Gasteiger partial charge in [0.05, 0.1) is 5.52 Å². The number of aromatic nitrogens is 1. The zero-order valence-electron chi connectivity index (χ0n) is 13.7. The van der Waals surface area contributed by atoms with E-state index in [4.69, 9.17) is 11.6 Å². The molecule has 1 aromatic heterocycles. The Balaban J connectivity index is 1.72. The van der Waals surface area contributed by atoms with Crippen molar-refractivity contribution in [3.8, 4) is 5.75 Å². The molecule has 0 spiro atoms. The fourth-order valence-corrected chi connectivity index (χ4v) is 3.11. The Morgan fingerprint density at radius 1 is 0.962 bits per heavy atom. The van der Waals surface area contributed by atoms with Gasteiger partial charge in [0.25, 0.3) is 0 Å². The maximum atomic E-state index is 12.2. The summed E-state index contributed by atoms with van der Waals surface area (Å²) in [6, 6.07) is 20.1. The van der Waals surface area contributed by atoms with E-state index in [9.17, 15) is 9.90 Å². The molecule has 0 fully saturated rings. The Morgan fingerprint density at radius 3 is 2.50 bits per heavy atom. The number of carbonyl (C=O) groups excluding carboxylic acids is 1. The van der Waals surface area contributed by atoms with Crippen LogP contribution < -0.4 is 0 Å². The highest BCUT2D eigenvalue weighted by Gasteiger charge is 2.07. The van der Waals surface area contributed by atoms with Gasteiger partial charge in [-0.15, -0.1) is 0 Å². The van der Waals surface area contributed by atoms with E-state index in [1.54, 1.807) is 18.2 Å². The number of allylic oxidation sites excluding steroid dienone is 1. The number of benzene rings is 3. The minimum Gasteiger partial charge on any atom is -0.508 e. The van der Waals surface area contributed by atoms with Crippen molar-refractivity contribution >= 4 is 45.1 Å². The number of fused-ring (bicyclic) bond motifs is 3. The lowest BCUT2D eigenvalue weighted by molar-refractivity contribution is 0.104. The van der Waals surface area contributed by atoms with Crippen LogP contribution in [0.1, 0.15) is 15.9 Å². The Hall–Kier alpha value is -3.17. The highest BCUT2D eigenvalue weighted by molar-refractivity contribution is 6.31. The second kappa shape index (κ2) is 6.62. The van der Waals surface area contributed by atoms with E-state index < -0.39 is 0 Å². The molecule has 126 valence electrons. The molecule has 0 unspecified atom stereocenters. The van der Waals surface area contributed by atoms with Gasteiger partial charge in [-0.05, 0) is 47.9 Å². The number of phenolic OH excluding ortho intramolecular Hbond substituents is 1. The Bertz CT molecular complexity index is 1160. The van der Waals surface area contributed by atoms with Gasteiger partial charge in [0.1, 0.15) is 10.9 Å². The number of hydrogen-bond donors (Lipinski definition) is 1. The first-order valence-electron chi connectivity index (χ1n) is 8.11. The number of aromatic hydroxyl groups is 1. The van der Waals surface area contributed by atoms with Gasteiger partial charge < -0.3 is 5.11 Å². The molecular formula is C22H14ClNO2. The van der Waals surface area contributed by atoms with Crippen LogP contribution in [0.2, 0.25) is 5.15 Å². The van der Waals surface area contributed by atoms with E-state index in [0.717, 1.165) is 21.7 Å². The lowest BCUT2D eigenvalue weighted by Gasteiger charge is -2.06. The largest absolute Gasteiger partial charge is 0.508 e. The van der Waals surface area contributed by atoms with E-state index in [1.807, 2.05) is 42.5 Å². The first-order valence-corrected chi connectivity index (χ1v) is 8.49. The van der Waals surface area contributed by atoms with Crippen molar-refractivity contribution in [2.45, 2.75) is 0 Å². The molecule has 0 saturated heterocycles. The molecule has 3 aromatic carbocycles. The fraction of sp³-hybridized carbons (Fsp3) is 0. The van der Waals surface area contributed by atoms with Crippen LogP contribution in [0.5, 0.6) is 5.75 Å². The number of ketones is 1. The molecule has 0 aliphatic heterocycles. The summed E-state index contributed by atoms with van der Waals surface area (Å²) in [5, 5.41) is 12.8. The van der Waals surface area contributed by atoms with E-state index in [2.05, 4.69) is 4.98 Å². The third-order valence-electron chi connectivity index (χ3n) is 4.26. The van der Waals surface area contributed by atoms with Crippen LogP contribution in [0.4, 0.5) is 0 Å². The van der Waals surface area contributed by atoms with Gasteiger partial charge in [0.15, 0.2) is 5.78 Å². The van der Waals surface area contributed by atoms with Crippen molar-refractivity contribution in [2.24, 2.45) is 0 Å². The van der Waals surface area contributed by atoms with E-state index >= 15 is 0 Å². The van der Waals surface area contributed by atoms with Crippen molar-refractivity contribution in [1.29, 1.82) is 0 Å². The lowest BCUT2D eigenvalue weighted by atomic mass is 10.0. The van der Waals surface area contributed by atoms with E-state index in [1.165, 1.54) is 18.2 Å². The average molecular weight is 360 g/mol. The van der Waals surface area contributed by atoms with Crippen molar-refractivity contribution in [3.63, 3.8) is 0 Å². The van der Waals surface area contributed by atoms with Gasteiger partial charge in [-0.25, -0.2) is 4.98 Å². The molecule has 0 saturated carbocycles. The average Bonchev–Trinajstić information content (AvgIpc) is 2.66. The van der Waals surface area contributed by atoms with Crippen LogP contribution in [0.25, 0.3) is 27.8 Å². The summed E-state index contributed by atoms with van der Waals surface area (Å²) in [6.07, 6.45) is 3.13. The smallest absolute Gasteiger partial charge is 0.185 e. The molecule has 1 N–H and O–H groups in total. The normalized spacial score (nSPS) is 11.4. The highest BCUT2D eigenvalue weighted by Crippen LogP contribution is 2.28. The summed E-state index contributed by atoms with van der Waals surface area (Å²) in [4.78, 5) is 16.8. The molecule has 0 amide bonds. The third-order valence-corrected chi connectivity index (χ3v) is 4.56. The number of hydrogen-bond acceptors (Lipinski definition) is 3. The van der Waals surface area contributed by atoms with Crippen molar-refractivity contribution in [3.05, 3.63) is 89.1 Å². The van der Waals surface area contributed by atoms with Crippen LogP contribution in [-0.2, 0) is 0 Å². The Morgan fingerprint density at radius 2 is 1.69 bits per heavy atom. The highest BCUT2D eigenvalue weighted by atomic mass is 35.5. The minimum absolute atomic E-state index is 0.125. The molecule has 0 aliphatic carbocycles. The van der Waals surface area contributed by atoms with Gasteiger partial charge in [-0.1, -0.05) is 48.0 Å². The van der Waals surface area contributed by atoms with Crippen LogP contribution in [0, 0.1) is 0 Å². The summed E-state index contributed by atoms with van der Waals surface area (Å²) < 4.78 is 0. The SMILES string of the molecule is O=C(/C=C/c1cc2ccc3ccccc3c2nc1Cl)c1ccc(O)cc1. The van der Waals surface area contributed by atoms with Crippen LogP contribution in [0.15, 0.2) is 72.8 Å². The molecule has 4 rings (SSSR count). The monoisotopic (exact) mass is 359 g/mol. The number of carbonyl (C=O) groups is 1. The molecule has 0 radical (unpaired) electrons. The van der Waals surface area contributed by atoms with Crippen molar-refractivity contribution in [1.82, 2.24) is 4.98 Å². The maximum Gasteiger partial charge on any atom is 0.185 e. The number of halogens is 1. The minimum atomic E-state index is -0.167. The number of nitrogens with zero attached hydrogens (tertiary/aromatic N) is 1. The van der Waals surface area contributed by atoms with Crippen LogP contribution in [0.3, 0.4) is 0 Å².